The van der Waals surface area contributed by atoms with E-state index in [4.69, 9.17) is 15.2 Å². The molecule has 1 heterocycles. The van der Waals surface area contributed by atoms with Gasteiger partial charge in [-0.2, -0.15) is 0 Å². The van der Waals surface area contributed by atoms with E-state index in [9.17, 15) is 4.79 Å². The molecule has 0 spiro atoms. The fraction of sp³-hybridized carbons (Fsp3) is 0.562. The van der Waals surface area contributed by atoms with Crippen LogP contribution in [0.1, 0.15) is 38.3 Å². The van der Waals surface area contributed by atoms with Gasteiger partial charge in [0.05, 0.1) is 6.04 Å². The average molecular weight is 292 g/mol. The topological polar surface area (TPSA) is 73.6 Å². The zero-order valence-corrected chi connectivity index (χ0v) is 12.7. The molecule has 0 fully saturated rings. The first-order chi connectivity index (χ1) is 10.1. The van der Waals surface area contributed by atoms with Gasteiger partial charge in [0.2, 0.25) is 5.91 Å². The summed E-state index contributed by atoms with van der Waals surface area (Å²) >= 11 is 0. The zero-order valence-electron chi connectivity index (χ0n) is 12.7. The number of hydrogen-bond donors (Lipinski definition) is 2. The number of nitrogens with two attached hydrogens (primary N) is 1. The molecule has 5 nitrogen and oxygen atoms in total. The van der Waals surface area contributed by atoms with E-state index in [-0.39, 0.29) is 17.9 Å². The zero-order chi connectivity index (χ0) is 15.2. The Hall–Kier alpha value is -1.75. The van der Waals surface area contributed by atoms with Crippen LogP contribution in [0.3, 0.4) is 0 Å². The van der Waals surface area contributed by atoms with E-state index < -0.39 is 0 Å². The lowest BCUT2D eigenvalue weighted by Gasteiger charge is -2.22. The van der Waals surface area contributed by atoms with Crippen LogP contribution < -0.4 is 20.5 Å². The van der Waals surface area contributed by atoms with Crippen molar-refractivity contribution in [3.05, 3.63) is 23.8 Å². The molecule has 116 valence electrons. The number of rotatable bonds is 6. The third-order valence-electron chi connectivity index (χ3n) is 3.71. The quantitative estimate of drug-likeness (QED) is 0.841. The molecule has 0 saturated carbocycles. The van der Waals surface area contributed by atoms with Gasteiger partial charge >= 0.3 is 0 Å². The van der Waals surface area contributed by atoms with Gasteiger partial charge in [-0.15, -0.1) is 0 Å². The summed E-state index contributed by atoms with van der Waals surface area (Å²) in [5.74, 6) is 1.55. The highest BCUT2D eigenvalue weighted by molar-refractivity contribution is 5.78. The van der Waals surface area contributed by atoms with Crippen LogP contribution in [0.15, 0.2) is 18.2 Å². The van der Waals surface area contributed by atoms with Crippen LogP contribution in [-0.2, 0) is 4.79 Å². The molecule has 2 atom stereocenters. The second kappa shape index (κ2) is 7.31. The lowest BCUT2D eigenvalue weighted by atomic mass is 10.0. The molecule has 0 bridgehead atoms. The summed E-state index contributed by atoms with van der Waals surface area (Å²) in [6, 6.07) is 5.73. The molecule has 0 saturated heterocycles. The third-order valence-corrected chi connectivity index (χ3v) is 3.71. The van der Waals surface area contributed by atoms with Crippen molar-refractivity contribution in [3.63, 3.8) is 0 Å². The molecule has 0 radical (unpaired) electrons. The van der Waals surface area contributed by atoms with Crippen molar-refractivity contribution in [1.29, 1.82) is 0 Å². The molecule has 2 unspecified atom stereocenters. The summed E-state index contributed by atoms with van der Waals surface area (Å²) in [5.41, 5.74) is 6.49. The van der Waals surface area contributed by atoms with Crippen molar-refractivity contribution in [2.24, 2.45) is 11.7 Å². The Morgan fingerprint density at radius 1 is 1.29 bits per heavy atom. The monoisotopic (exact) mass is 292 g/mol. The van der Waals surface area contributed by atoms with Crippen LogP contribution in [0, 0.1) is 5.92 Å². The van der Waals surface area contributed by atoms with E-state index in [1.165, 1.54) is 0 Å². The molecule has 0 aromatic heterocycles. The van der Waals surface area contributed by atoms with Gasteiger partial charge in [0.25, 0.3) is 0 Å². The van der Waals surface area contributed by atoms with Gasteiger partial charge in [0.15, 0.2) is 11.5 Å². The van der Waals surface area contributed by atoms with Gasteiger partial charge < -0.3 is 20.5 Å². The van der Waals surface area contributed by atoms with Gasteiger partial charge in [-0.3, -0.25) is 4.79 Å². The Kier molecular flexibility index (Phi) is 5.44. The Balaban J connectivity index is 1.96. The third kappa shape index (κ3) is 4.11. The number of carbonyl (C=O) groups excluding carboxylic acids is 1. The van der Waals surface area contributed by atoms with E-state index in [1.54, 1.807) is 0 Å². The molecule has 0 aliphatic carbocycles. The van der Waals surface area contributed by atoms with Crippen LogP contribution in [0.5, 0.6) is 11.5 Å². The van der Waals surface area contributed by atoms with Gasteiger partial charge in [0.1, 0.15) is 13.2 Å². The molecule has 5 heteroatoms. The summed E-state index contributed by atoms with van der Waals surface area (Å²) in [7, 11) is 0. The number of carbonyl (C=O) groups is 1. The normalized spacial score (nSPS) is 16.1. The molecular formula is C16H24N2O3. The minimum absolute atomic E-state index is 0.0202. The number of fused-ring (bicyclic) bond motifs is 1. The molecule has 1 amide bonds. The second-order valence-electron chi connectivity index (χ2n) is 5.47. The van der Waals surface area contributed by atoms with Crippen molar-refractivity contribution in [1.82, 2.24) is 5.32 Å². The predicted octanol–water partition coefficient (Wildman–Crippen LogP) is 2.01. The minimum Gasteiger partial charge on any atom is -0.486 e. The van der Waals surface area contributed by atoms with Gasteiger partial charge in [-0.25, -0.2) is 0 Å². The van der Waals surface area contributed by atoms with E-state index >= 15 is 0 Å². The average Bonchev–Trinajstić information content (AvgIpc) is 2.51. The lowest BCUT2D eigenvalue weighted by Crippen LogP contribution is -2.31. The van der Waals surface area contributed by atoms with Crippen LogP contribution in [0.4, 0.5) is 0 Å². The van der Waals surface area contributed by atoms with Crippen LogP contribution >= 0.6 is 0 Å². The fourth-order valence-corrected chi connectivity index (χ4v) is 2.32. The Labute approximate surface area is 125 Å². The molecule has 21 heavy (non-hydrogen) atoms. The smallest absolute Gasteiger partial charge is 0.223 e. The van der Waals surface area contributed by atoms with Crippen LogP contribution in [0.2, 0.25) is 0 Å². The van der Waals surface area contributed by atoms with E-state index in [0.29, 0.717) is 19.8 Å². The number of nitrogens with one attached hydrogen (secondary N) is 1. The van der Waals surface area contributed by atoms with E-state index in [1.807, 2.05) is 32.0 Å². The van der Waals surface area contributed by atoms with Crippen molar-refractivity contribution in [2.45, 2.75) is 32.7 Å². The Morgan fingerprint density at radius 2 is 2.00 bits per heavy atom. The summed E-state index contributed by atoms with van der Waals surface area (Å²) < 4.78 is 11.1. The molecule has 1 aromatic carbocycles. The number of hydrogen-bond acceptors (Lipinski definition) is 4. The SMILES string of the molecule is CC(CCCN)C(=O)NC(C)c1ccc2c(c1)OCCO2. The number of ether oxygens (including phenoxy) is 2. The summed E-state index contributed by atoms with van der Waals surface area (Å²) in [5, 5.41) is 3.04. The standard InChI is InChI=1S/C16H24N2O3/c1-11(4-3-7-17)16(19)18-12(2)13-5-6-14-15(10-13)21-9-8-20-14/h5-6,10-12H,3-4,7-9,17H2,1-2H3,(H,18,19). The number of amides is 1. The Morgan fingerprint density at radius 3 is 2.71 bits per heavy atom. The van der Waals surface area contributed by atoms with E-state index in [2.05, 4.69) is 5.32 Å². The van der Waals surface area contributed by atoms with Crippen molar-refractivity contribution >= 4 is 5.91 Å². The highest BCUT2D eigenvalue weighted by Crippen LogP contribution is 2.32. The largest absolute Gasteiger partial charge is 0.486 e. The highest BCUT2D eigenvalue weighted by Gasteiger charge is 2.18. The lowest BCUT2D eigenvalue weighted by molar-refractivity contribution is -0.125. The van der Waals surface area contributed by atoms with Crippen molar-refractivity contribution < 1.29 is 14.3 Å². The maximum atomic E-state index is 12.1. The van der Waals surface area contributed by atoms with E-state index in [0.717, 1.165) is 29.9 Å². The summed E-state index contributed by atoms with van der Waals surface area (Å²) in [6.07, 6.45) is 1.68. The molecule has 3 N–H and O–H groups in total. The van der Waals surface area contributed by atoms with Gasteiger partial charge in [-0.1, -0.05) is 13.0 Å². The van der Waals surface area contributed by atoms with Gasteiger partial charge in [0, 0.05) is 5.92 Å². The Bertz CT molecular complexity index is 490. The van der Waals surface area contributed by atoms with Crippen LogP contribution in [0.25, 0.3) is 0 Å². The van der Waals surface area contributed by atoms with Crippen molar-refractivity contribution in [3.8, 4) is 11.5 Å². The van der Waals surface area contributed by atoms with Gasteiger partial charge in [-0.05, 0) is 44.0 Å². The number of benzene rings is 1. The predicted molar refractivity (Wildman–Crippen MR) is 81.4 cm³/mol. The summed E-state index contributed by atoms with van der Waals surface area (Å²) in [4.78, 5) is 12.1. The van der Waals surface area contributed by atoms with Crippen molar-refractivity contribution in [2.75, 3.05) is 19.8 Å². The first-order valence-electron chi connectivity index (χ1n) is 7.51. The molecular weight excluding hydrogens is 268 g/mol. The first kappa shape index (κ1) is 15.6. The summed E-state index contributed by atoms with van der Waals surface area (Å²) in [6.45, 7) is 5.67. The van der Waals surface area contributed by atoms with Crippen LogP contribution in [-0.4, -0.2) is 25.7 Å². The molecule has 1 aliphatic rings. The highest BCUT2D eigenvalue weighted by atomic mass is 16.6. The second-order valence-corrected chi connectivity index (χ2v) is 5.47. The molecule has 1 aromatic rings. The molecule has 1 aliphatic heterocycles. The minimum atomic E-state index is -0.0614. The molecule has 2 rings (SSSR count). The first-order valence-corrected chi connectivity index (χ1v) is 7.51. The fourth-order valence-electron chi connectivity index (χ4n) is 2.32. The maximum absolute atomic E-state index is 12.1. The maximum Gasteiger partial charge on any atom is 0.223 e.